The van der Waals surface area contributed by atoms with E-state index in [1.807, 2.05) is 32.0 Å². The normalized spacial score (nSPS) is 15.6. The molecule has 4 heterocycles. The minimum atomic E-state index is -0.229. The lowest BCUT2D eigenvalue weighted by Crippen LogP contribution is -2.25. The van der Waals surface area contributed by atoms with Crippen LogP contribution in [0.3, 0.4) is 0 Å². The molecule has 0 fully saturated rings. The van der Waals surface area contributed by atoms with Gasteiger partial charge in [-0.1, -0.05) is 12.1 Å². The van der Waals surface area contributed by atoms with Crippen molar-refractivity contribution in [3.8, 4) is 17.3 Å². The minimum absolute atomic E-state index is 0.103. The molecule has 158 valence electrons. The summed E-state index contributed by atoms with van der Waals surface area (Å²) in [5.74, 6) is 2.10. The van der Waals surface area contributed by atoms with Gasteiger partial charge in [-0.3, -0.25) is 4.79 Å². The SMILES string of the molecule is CCOc1c(OC)cccc1[C@H]1CC(=O)Nc2c1c(C)nn2-c1ccc2nncn2n1. The van der Waals surface area contributed by atoms with Gasteiger partial charge in [-0.05, 0) is 32.0 Å². The van der Waals surface area contributed by atoms with Crippen molar-refractivity contribution < 1.29 is 14.3 Å². The molecule has 4 aromatic rings. The van der Waals surface area contributed by atoms with Crippen molar-refractivity contribution in [2.75, 3.05) is 19.0 Å². The van der Waals surface area contributed by atoms with E-state index >= 15 is 0 Å². The maximum absolute atomic E-state index is 12.7. The molecule has 1 aliphatic heterocycles. The van der Waals surface area contributed by atoms with Crippen LogP contribution in [0.2, 0.25) is 0 Å². The molecule has 0 bridgehead atoms. The fraction of sp³-hybridized carbons (Fsp3) is 0.286. The van der Waals surface area contributed by atoms with E-state index in [0.29, 0.717) is 35.4 Å². The number of amides is 1. The van der Waals surface area contributed by atoms with Crippen LogP contribution >= 0.6 is 0 Å². The van der Waals surface area contributed by atoms with E-state index in [-0.39, 0.29) is 18.2 Å². The van der Waals surface area contributed by atoms with E-state index in [1.54, 1.807) is 28.4 Å². The molecule has 1 N–H and O–H groups in total. The first-order chi connectivity index (χ1) is 15.1. The molecule has 1 aliphatic rings. The van der Waals surface area contributed by atoms with Crippen molar-refractivity contribution in [2.24, 2.45) is 0 Å². The number of aryl methyl sites for hydroxylation is 1. The third-order valence-electron chi connectivity index (χ3n) is 5.36. The quantitative estimate of drug-likeness (QED) is 0.529. The van der Waals surface area contributed by atoms with Crippen molar-refractivity contribution >= 4 is 17.4 Å². The first-order valence-corrected chi connectivity index (χ1v) is 9.97. The number of rotatable bonds is 5. The second-order valence-corrected chi connectivity index (χ2v) is 7.20. The molecule has 0 saturated carbocycles. The summed E-state index contributed by atoms with van der Waals surface area (Å²) in [6.45, 7) is 4.34. The number of fused-ring (bicyclic) bond motifs is 2. The van der Waals surface area contributed by atoms with Crippen molar-refractivity contribution in [2.45, 2.75) is 26.2 Å². The third kappa shape index (κ3) is 3.07. The Morgan fingerprint density at radius 1 is 1.23 bits per heavy atom. The number of hydrogen-bond donors (Lipinski definition) is 1. The Bertz CT molecular complexity index is 1290. The number of methoxy groups -OCH3 is 1. The number of nitrogens with one attached hydrogen (secondary N) is 1. The number of carbonyl (C=O) groups excluding carboxylic acids is 1. The summed E-state index contributed by atoms with van der Waals surface area (Å²) in [6, 6.07) is 9.33. The van der Waals surface area contributed by atoms with Gasteiger partial charge in [-0.25, -0.2) is 0 Å². The van der Waals surface area contributed by atoms with Crippen LogP contribution in [-0.2, 0) is 4.79 Å². The molecule has 1 atom stereocenters. The van der Waals surface area contributed by atoms with Crippen LogP contribution in [0.1, 0.15) is 36.1 Å². The standard InChI is InChI=1S/C21H21N7O3/c1-4-31-20-13(6-5-7-15(20)30-3)14-10-18(29)23-21-19(14)12(2)25-28(21)17-9-8-16-24-22-11-27(16)26-17/h5-9,11,14H,4,10H2,1-3H3,(H,23,29)/t14-/m1/s1. The second-order valence-electron chi connectivity index (χ2n) is 7.20. The van der Waals surface area contributed by atoms with Gasteiger partial charge >= 0.3 is 0 Å². The molecule has 0 spiro atoms. The molecular weight excluding hydrogens is 398 g/mol. The van der Waals surface area contributed by atoms with Crippen LogP contribution in [0.15, 0.2) is 36.7 Å². The van der Waals surface area contributed by atoms with E-state index in [2.05, 4.69) is 20.6 Å². The third-order valence-corrected chi connectivity index (χ3v) is 5.36. The van der Waals surface area contributed by atoms with E-state index in [9.17, 15) is 4.79 Å². The average Bonchev–Trinajstić information content (AvgIpc) is 3.37. The molecule has 1 amide bonds. The highest BCUT2D eigenvalue weighted by Crippen LogP contribution is 2.45. The largest absolute Gasteiger partial charge is 0.493 e. The number of aromatic nitrogens is 6. The van der Waals surface area contributed by atoms with Gasteiger partial charge in [0.15, 0.2) is 23.0 Å². The molecule has 0 radical (unpaired) electrons. The predicted molar refractivity (Wildman–Crippen MR) is 112 cm³/mol. The van der Waals surface area contributed by atoms with Gasteiger partial charge in [-0.15, -0.1) is 15.3 Å². The van der Waals surface area contributed by atoms with Gasteiger partial charge in [0.2, 0.25) is 5.91 Å². The van der Waals surface area contributed by atoms with Crippen LogP contribution in [0.4, 0.5) is 5.82 Å². The van der Waals surface area contributed by atoms with Crippen LogP contribution < -0.4 is 14.8 Å². The van der Waals surface area contributed by atoms with Crippen molar-refractivity contribution in [3.05, 3.63) is 53.5 Å². The number of ether oxygens (including phenoxy) is 2. The minimum Gasteiger partial charge on any atom is -0.493 e. The summed E-state index contributed by atoms with van der Waals surface area (Å²) in [5, 5.41) is 20.0. The highest BCUT2D eigenvalue weighted by molar-refractivity contribution is 5.95. The van der Waals surface area contributed by atoms with E-state index in [1.165, 1.54) is 6.33 Å². The molecule has 3 aromatic heterocycles. The number of benzene rings is 1. The summed E-state index contributed by atoms with van der Waals surface area (Å²) in [4.78, 5) is 12.7. The molecule has 1 aromatic carbocycles. The van der Waals surface area contributed by atoms with Gasteiger partial charge < -0.3 is 14.8 Å². The Morgan fingerprint density at radius 2 is 2.10 bits per heavy atom. The lowest BCUT2D eigenvalue weighted by atomic mass is 9.85. The topological polar surface area (TPSA) is 108 Å². The van der Waals surface area contributed by atoms with Crippen LogP contribution in [-0.4, -0.2) is 49.2 Å². The molecule has 5 rings (SSSR count). The first kappa shape index (κ1) is 19.0. The Kier molecular flexibility index (Phi) is 4.54. The van der Waals surface area contributed by atoms with Gasteiger partial charge in [0.1, 0.15) is 12.1 Å². The molecule has 0 unspecified atom stereocenters. The maximum atomic E-state index is 12.7. The summed E-state index contributed by atoms with van der Waals surface area (Å²) in [7, 11) is 1.61. The summed E-state index contributed by atoms with van der Waals surface area (Å²) < 4.78 is 14.6. The summed E-state index contributed by atoms with van der Waals surface area (Å²) in [6.07, 6.45) is 1.80. The number of anilines is 1. The van der Waals surface area contributed by atoms with Crippen molar-refractivity contribution in [1.82, 2.24) is 29.6 Å². The Balaban J connectivity index is 1.68. The summed E-state index contributed by atoms with van der Waals surface area (Å²) >= 11 is 0. The molecule has 0 saturated heterocycles. The number of para-hydroxylation sites is 1. The Labute approximate surface area is 177 Å². The average molecular weight is 419 g/mol. The monoisotopic (exact) mass is 419 g/mol. The molecule has 10 nitrogen and oxygen atoms in total. The Hall–Kier alpha value is -3.95. The van der Waals surface area contributed by atoms with E-state index in [4.69, 9.17) is 14.6 Å². The highest BCUT2D eigenvalue weighted by atomic mass is 16.5. The van der Waals surface area contributed by atoms with Crippen LogP contribution in [0, 0.1) is 6.92 Å². The first-order valence-electron chi connectivity index (χ1n) is 9.97. The number of nitrogens with zero attached hydrogens (tertiary/aromatic N) is 6. The fourth-order valence-electron chi connectivity index (χ4n) is 4.08. The zero-order valence-corrected chi connectivity index (χ0v) is 17.4. The van der Waals surface area contributed by atoms with Gasteiger partial charge in [-0.2, -0.15) is 14.3 Å². The maximum Gasteiger partial charge on any atom is 0.226 e. The zero-order chi connectivity index (χ0) is 21.5. The highest BCUT2D eigenvalue weighted by Gasteiger charge is 2.35. The van der Waals surface area contributed by atoms with Gasteiger partial charge in [0.05, 0.1) is 19.4 Å². The van der Waals surface area contributed by atoms with E-state index in [0.717, 1.165) is 16.8 Å². The summed E-state index contributed by atoms with van der Waals surface area (Å²) in [5.41, 5.74) is 3.25. The molecule has 0 aliphatic carbocycles. The van der Waals surface area contributed by atoms with Crippen molar-refractivity contribution in [3.63, 3.8) is 0 Å². The lowest BCUT2D eigenvalue weighted by Gasteiger charge is -2.26. The molecule has 31 heavy (non-hydrogen) atoms. The molecule has 10 heteroatoms. The second kappa shape index (κ2) is 7.38. The molecular formula is C21H21N7O3. The predicted octanol–water partition coefficient (Wildman–Crippen LogP) is 2.50. The smallest absolute Gasteiger partial charge is 0.226 e. The van der Waals surface area contributed by atoms with Crippen LogP contribution in [0.25, 0.3) is 11.5 Å². The zero-order valence-electron chi connectivity index (χ0n) is 17.4. The van der Waals surface area contributed by atoms with Crippen molar-refractivity contribution in [1.29, 1.82) is 0 Å². The van der Waals surface area contributed by atoms with E-state index < -0.39 is 0 Å². The van der Waals surface area contributed by atoms with Gasteiger partial charge in [0.25, 0.3) is 0 Å². The fourth-order valence-corrected chi connectivity index (χ4v) is 4.08. The Morgan fingerprint density at radius 3 is 2.90 bits per heavy atom. The van der Waals surface area contributed by atoms with Crippen LogP contribution in [0.5, 0.6) is 11.5 Å². The number of carbonyl (C=O) groups is 1. The van der Waals surface area contributed by atoms with Gasteiger partial charge in [0, 0.05) is 23.5 Å². The number of hydrogen-bond acceptors (Lipinski definition) is 7. The lowest BCUT2D eigenvalue weighted by molar-refractivity contribution is -0.116.